The number of ether oxygens (including phenoxy) is 1. The van der Waals surface area contributed by atoms with Crippen LogP contribution in [0.5, 0.6) is 0 Å². The summed E-state index contributed by atoms with van der Waals surface area (Å²) in [6.07, 6.45) is 1.13. The van der Waals surface area contributed by atoms with E-state index in [1.807, 2.05) is 6.92 Å². The number of benzene rings is 1. The predicted octanol–water partition coefficient (Wildman–Crippen LogP) is 2.73. The summed E-state index contributed by atoms with van der Waals surface area (Å²) < 4.78 is 5.59. The quantitative estimate of drug-likeness (QED) is 0.720. The van der Waals surface area contributed by atoms with Gasteiger partial charge in [-0.2, -0.15) is 0 Å². The van der Waals surface area contributed by atoms with Gasteiger partial charge in [0.05, 0.1) is 5.60 Å². The molecule has 0 atom stereocenters. The number of hydrogen-bond donors (Lipinski definition) is 2. The Bertz CT molecular complexity index is 479. The topological polar surface area (TPSA) is 83.8 Å². The number of carboxylic acids is 2. The van der Waals surface area contributed by atoms with Gasteiger partial charge >= 0.3 is 11.9 Å². The van der Waals surface area contributed by atoms with E-state index in [9.17, 15) is 19.8 Å². The molecule has 5 heteroatoms. The fraction of sp³-hybridized carbons (Fsp3) is 0.500. The summed E-state index contributed by atoms with van der Waals surface area (Å²) in [5.74, 6) is -2.97. The summed E-state index contributed by atoms with van der Waals surface area (Å²) in [6, 6.07) is 8.64. The number of rotatable bonds is 8. The van der Waals surface area contributed by atoms with Crippen molar-refractivity contribution in [2.45, 2.75) is 51.2 Å². The van der Waals surface area contributed by atoms with Gasteiger partial charge in [0.2, 0.25) is 0 Å². The highest BCUT2D eigenvalue weighted by Gasteiger charge is 2.51. The highest BCUT2D eigenvalue weighted by molar-refractivity contribution is 6.02. The van der Waals surface area contributed by atoms with Crippen molar-refractivity contribution in [2.75, 3.05) is 0 Å². The molecule has 0 amide bonds. The maximum Gasteiger partial charge on any atom is 0.348 e. The van der Waals surface area contributed by atoms with Gasteiger partial charge in [0.15, 0.2) is 0 Å². The monoisotopic (exact) mass is 294 g/mol. The van der Waals surface area contributed by atoms with Crippen LogP contribution in [0, 0.1) is 0 Å². The second kappa shape index (κ2) is 6.72. The van der Waals surface area contributed by atoms with E-state index in [2.05, 4.69) is 0 Å². The Morgan fingerprint density at radius 1 is 1.10 bits per heavy atom. The van der Waals surface area contributed by atoms with Gasteiger partial charge in [-0.3, -0.25) is 0 Å². The first-order valence-electron chi connectivity index (χ1n) is 6.94. The molecule has 0 bridgehead atoms. The summed E-state index contributed by atoms with van der Waals surface area (Å²) in [4.78, 5) is 23.3. The SMILES string of the molecule is CCCC(C)(C)OC(Cc1ccccc1)(C(=O)O)C(=O)O. The van der Waals surface area contributed by atoms with Crippen molar-refractivity contribution in [3.63, 3.8) is 0 Å². The van der Waals surface area contributed by atoms with Crippen molar-refractivity contribution in [2.24, 2.45) is 0 Å². The standard InChI is InChI=1S/C16H22O5/c1-4-10-15(2,3)21-16(13(17)18,14(19)20)11-12-8-6-5-7-9-12/h5-9H,4,10-11H2,1-3H3,(H,17,18)(H,19,20). The van der Waals surface area contributed by atoms with Crippen LogP contribution in [0.15, 0.2) is 30.3 Å². The molecule has 116 valence electrons. The third-order valence-electron chi connectivity index (χ3n) is 3.29. The van der Waals surface area contributed by atoms with Gasteiger partial charge < -0.3 is 14.9 Å². The molecule has 0 aromatic heterocycles. The first-order chi connectivity index (χ1) is 9.73. The second-order valence-electron chi connectivity index (χ2n) is 5.71. The lowest BCUT2D eigenvalue weighted by atomic mass is 9.92. The number of aliphatic carboxylic acids is 2. The molecule has 0 spiro atoms. The molecule has 0 aliphatic carbocycles. The van der Waals surface area contributed by atoms with Crippen LogP contribution >= 0.6 is 0 Å². The molecule has 1 aromatic carbocycles. The summed E-state index contributed by atoms with van der Waals surface area (Å²) >= 11 is 0. The molecule has 0 aliphatic rings. The lowest BCUT2D eigenvalue weighted by Gasteiger charge is -2.35. The normalized spacial score (nSPS) is 12.1. The number of hydrogen-bond acceptors (Lipinski definition) is 3. The van der Waals surface area contributed by atoms with Crippen molar-refractivity contribution in [3.8, 4) is 0 Å². The van der Waals surface area contributed by atoms with Gasteiger partial charge in [-0.1, -0.05) is 43.7 Å². The molecule has 0 unspecified atom stereocenters. The van der Waals surface area contributed by atoms with E-state index in [0.29, 0.717) is 12.0 Å². The van der Waals surface area contributed by atoms with Gasteiger partial charge in [-0.05, 0) is 25.8 Å². The average molecular weight is 294 g/mol. The lowest BCUT2D eigenvalue weighted by Crippen LogP contribution is -2.55. The molecular weight excluding hydrogens is 272 g/mol. The fourth-order valence-electron chi connectivity index (χ4n) is 2.37. The van der Waals surface area contributed by atoms with Crippen LogP contribution in [0.25, 0.3) is 0 Å². The molecule has 0 aliphatic heterocycles. The zero-order valence-corrected chi connectivity index (χ0v) is 12.6. The fourth-order valence-corrected chi connectivity index (χ4v) is 2.37. The Labute approximate surface area is 124 Å². The largest absolute Gasteiger partial charge is 0.479 e. The molecule has 1 rings (SSSR count). The summed E-state index contributed by atoms with van der Waals surface area (Å²) in [5, 5.41) is 19.0. The zero-order valence-electron chi connectivity index (χ0n) is 12.6. The number of carbonyl (C=O) groups is 2. The van der Waals surface area contributed by atoms with E-state index in [1.165, 1.54) is 0 Å². The molecular formula is C16H22O5. The van der Waals surface area contributed by atoms with Gasteiger partial charge in [0, 0.05) is 6.42 Å². The lowest BCUT2D eigenvalue weighted by molar-refractivity contribution is -0.202. The third-order valence-corrected chi connectivity index (χ3v) is 3.29. The summed E-state index contributed by atoms with van der Waals surface area (Å²) in [7, 11) is 0. The maximum absolute atomic E-state index is 11.6. The van der Waals surface area contributed by atoms with Crippen molar-refractivity contribution in [1.29, 1.82) is 0 Å². The van der Waals surface area contributed by atoms with Gasteiger partial charge in [0.1, 0.15) is 0 Å². The van der Waals surface area contributed by atoms with E-state index in [4.69, 9.17) is 4.74 Å². The molecule has 5 nitrogen and oxygen atoms in total. The molecule has 1 aromatic rings. The smallest absolute Gasteiger partial charge is 0.348 e. The number of carboxylic acid groups (broad SMARTS) is 2. The highest BCUT2D eigenvalue weighted by Crippen LogP contribution is 2.29. The first-order valence-corrected chi connectivity index (χ1v) is 6.94. The van der Waals surface area contributed by atoms with Crippen molar-refractivity contribution >= 4 is 11.9 Å². The van der Waals surface area contributed by atoms with E-state index in [-0.39, 0.29) is 6.42 Å². The van der Waals surface area contributed by atoms with E-state index in [0.717, 1.165) is 6.42 Å². The van der Waals surface area contributed by atoms with Crippen LogP contribution < -0.4 is 0 Å². The van der Waals surface area contributed by atoms with Crippen molar-refractivity contribution in [1.82, 2.24) is 0 Å². The molecule has 0 fully saturated rings. The molecule has 0 saturated carbocycles. The highest BCUT2D eigenvalue weighted by atomic mass is 16.6. The first kappa shape index (κ1) is 17.2. The Morgan fingerprint density at radius 2 is 1.62 bits per heavy atom. The van der Waals surface area contributed by atoms with Crippen LogP contribution in [-0.2, 0) is 20.7 Å². The van der Waals surface area contributed by atoms with E-state index >= 15 is 0 Å². The third kappa shape index (κ3) is 4.29. The Kier molecular flexibility index (Phi) is 5.49. The Morgan fingerprint density at radius 3 is 2.05 bits per heavy atom. The van der Waals surface area contributed by atoms with Gasteiger partial charge in [-0.15, -0.1) is 0 Å². The Hall–Kier alpha value is -1.88. The molecule has 0 saturated heterocycles. The molecule has 0 radical (unpaired) electrons. The van der Waals surface area contributed by atoms with Crippen LogP contribution in [0.2, 0.25) is 0 Å². The second-order valence-corrected chi connectivity index (χ2v) is 5.71. The summed E-state index contributed by atoms with van der Waals surface area (Å²) in [6.45, 7) is 5.36. The van der Waals surface area contributed by atoms with Crippen LogP contribution in [0.1, 0.15) is 39.2 Å². The average Bonchev–Trinajstić information content (AvgIpc) is 2.38. The van der Waals surface area contributed by atoms with Gasteiger partial charge in [0.25, 0.3) is 5.60 Å². The van der Waals surface area contributed by atoms with Crippen LogP contribution in [0.3, 0.4) is 0 Å². The predicted molar refractivity (Wildman–Crippen MR) is 78.2 cm³/mol. The minimum absolute atomic E-state index is 0.217. The van der Waals surface area contributed by atoms with E-state index in [1.54, 1.807) is 44.2 Å². The maximum atomic E-state index is 11.6. The Balaban J connectivity index is 3.16. The minimum Gasteiger partial charge on any atom is -0.479 e. The van der Waals surface area contributed by atoms with E-state index < -0.39 is 23.1 Å². The van der Waals surface area contributed by atoms with Crippen LogP contribution in [-0.4, -0.2) is 33.4 Å². The summed E-state index contributed by atoms with van der Waals surface area (Å²) in [5.41, 5.74) is -2.50. The van der Waals surface area contributed by atoms with Crippen molar-refractivity contribution < 1.29 is 24.5 Å². The molecule has 21 heavy (non-hydrogen) atoms. The minimum atomic E-state index is -2.28. The zero-order chi connectivity index (χ0) is 16.1. The van der Waals surface area contributed by atoms with Gasteiger partial charge in [-0.25, -0.2) is 9.59 Å². The van der Waals surface area contributed by atoms with Crippen LogP contribution in [0.4, 0.5) is 0 Å². The van der Waals surface area contributed by atoms with Crippen molar-refractivity contribution in [3.05, 3.63) is 35.9 Å². The molecule has 0 heterocycles. The molecule has 2 N–H and O–H groups in total.